The van der Waals surface area contributed by atoms with E-state index in [1.54, 1.807) is 30.5 Å². The molecule has 0 aliphatic heterocycles. The summed E-state index contributed by atoms with van der Waals surface area (Å²) in [7, 11) is 0. The molecule has 0 unspecified atom stereocenters. The van der Waals surface area contributed by atoms with E-state index in [2.05, 4.69) is 15.3 Å². The zero-order chi connectivity index (χ0) is 22.0. The van der Waals surface area contributed by atoms with Crippen LogP contribution >= 0.6 is 0 Å². The lowest BCUT2D eigenvalue weighted by Crippen LogP contribution is -2.23. The number of imidazole rings is 1. The van der Waals surface area contributed by atoms with Gasteiger partial charge >= 0.3 is 6.18 Å². The van der Waals surface area contributed by atoms with E-state index in [4.69, 9.17) is 0 Å². The first kappa shape index (κ1) is 20.6. The number of halogens is 3. The summed E-state index contributed by atoms with van der Waals surface area (Å²) in [5.41, 5.74) is 2.70. The van der Waals surface area contributed by atoms with Crippen molar-refractivity contribution in [2.75, 3.05) is 0 Å². The van der Waals surface area contributed by atoms with Gasteiger partial charge in [0.05, 0.1) is 28.8 Å². The maximum absolute atomic E-state index is 12.8. The molecular formula is C23H19F3N4O. The SMILES string of the molecule is Cc1nc2ccc(C(=O)NCc3ccccn3)cc2n1Cc1ccc(C(F)(F)F)cc1. The van der Waals surface area contributed by atoms with E-state index in [9.17, 15) is 18.0 Å². The first-order valence-electron chi connectivity index (χ1n) is 9.62. The van der Waals surface area contributed by atoms with Crippen molar-refractivity contribution in [3.63, 3.8) is 0 Å². The Labute approximate surface area is 176 Å². The van der Waals surface area contributed by atoms with Crippen LogP contribution in [0.5, 0.6) is 0 Å². The Morgan fingerprint density at radius 3 is 2.52 bits per heavy atom. The molecule has 0 radical (unpaired) electrons. The number of aromatic nitrogens is 3. The number of nitrogens with zero attached hydrogens (tertiary/aromatic N) is 3. The smallest absolute Gasteiger partial charge is 0.346 e. The monoisotopic (exact) mass is 424 g/mol. The van der Waals surface area contributed by atoms with E-state index in [0.717, 1.165) is 23.3 Å². The summed E-state index contributed by atoms with van der Waals surface area (Å²) < 4.78 is 40.3. The van der Waals surface area contributed by atoms with E-state index in [1.807, 2.05) is 23.6 Å². The van der Waals surface area contributed by atoms with Gasteiger partial charge in [0.2, 0.25) is 0 Å². The summed E-state index contributed by atoms with van der Waals surface area (Å²) in [6, 6.07) is 15.7. The van der Waals surface area contributed by atoms with Gasteiger partial charge in [-0.05, 0) is 55.0 Å². The molecule has 1 amide bonds. The van der Waals surface area contributed by atoms with E-state index >= 15 is 0 Å². The van der Waals surface area contributed by atoms with Gasteiger partial charge in [-0.2, -0.15) is 13.2 Å². The number of aryl methyl sites for hydroxylation is 1. The average molecular weight is 424 g/mol. The molecule has 2 aromatic heterocycles. The predicted octanol–water partition coefficient (Wildman–Crippen LogP) is 4.74. The highest BCUT2D eigenvalue weighted by molar-refractivity contribution is 5.97. The minimum Gasteiger partial charge on any atom is -0.346 e. The number of rotatable bonds is 5. The van der Waals surface area contributed by atoms with Crippen molar-refractivity contribution >= 4 is 16.9 Å². The van der Waals surface area contributed by atoms with Gasteiger partial charge in [0.25, 0.3) is 5.91 Å². The van der Waals surface area contributed by atoms with E-state index in [1.165, 1.54) is 12.1 Å². The first-order valence-corrected chi connectivity index (χ1v) is 9.62. The zero-order valence-electron chi connectivity index (χ0n) is 16.6. The van der Waals surface area contributed by atoms with Crippen LogP contribution in [0.15, 0.2) is 66.9 Å². The van der Waals surface area contributed by atoms with Crippen LogP contribution in [-0.4, -0.2) is 20.4 Å². The molecule has 0 saturated carbocycles. The average Bonchev–Trinajstić information content (AvgIpc) is 3.07. The van der Waals surface area contributed by atoms with Gasteiger partial charge < -0.3 is 9.88 Å². The molecule has 31 heavy (non-hydrogen) atoms. The molecule has 0 spiro atoms. The third-order valence-electron chi connectivity index (χ3n) is 4.98. The molecule has 1 N–H and O–H groups in total. The van der Waals surface area contributed by atoms with Crippen molar-refractivity contribution in [2.45, 2.75) is 26.2 Å². The molecule has 2 heterocycles. The highest BCUT2D eigenvalue weighted by Gasteiger charge is 2.29. The Kier molecular flexibility index (Phi) is 5.46. The number of amides is 1. The molecule has 0 aliphatic rings. The van der Waals surface area contributed by atoms with Gasteiger partial charge in [-0.1, -0.05) is 18.2 Å². The van der Waals surface area contributed by atoms with Crippen molar-refractivity contribution in [2.24, 2.45) is 0 Å². The molecule has 8 heteroatoms. The van der Waals surface area contributed by atoms with Gasteiger partial charge in [0.15, 0.2) is 0 Å². The lowest BCUT2D eigenvalue weighted by Gasteiger charge is -2.10. The maximum atomic E-state index is 12.8. The molecular weight excluding hydrogens is 405 g/mol. The van der Waals surface area contributed by atoms with Crippen molar-refractivity contribution in [1.82, 2.24) is 19.9 Å². The fourth-order valence-corrected chi connectivity index (χ4v) is 3.34. The van der Waals surface area contributed by atoms with Gasteiger partial charge in [0.1, 0.15) is 5.82 Å². The standard InChI is InChI=1S/C23H19F3N4O/c1-15-29-20-10-7-17(22(31)28-13-19-4-2-3-11-27-19)12-21(20)30(15)14-16-5-8-18(9-6-16)23(24,25)26/h2-12H,13-14H2,1H3,(H,28,31). The Hall–Kier alpha value is -3.68. The quantitative estimate of drug-likeness (QED) is 0.504. The van der Waals surface area contributed by atoms with Gasteiger partial charge in [-0.15, -0.1) is 0 Å². The number of alkyl halides is 3. The fourth-order valence-electron chi connectivity index (χ4n) is 3.34. The number of pyridine rings is 1. The van der Waals surface area contributed by atoms with Crippen molar-refractivity contribution in [3.8, 4) is 0 Å². The second-order valence-electron chi connectivity index (χ2n) is 7.15. The summed E-state index contributed by atoms with van der Waals surface area (Å²) in [6.07, 6.45) is -2.70. The van der Waals surface area contributed by atoms with Gasteiger partial charge in [-0.25, -0.2) is 4.98 Å². The lowest BCUT2D eigenvalue weighted by atomic mass is 10.1. The summed E-state index contributed by atoms with van der Waals surface area (Å²) in [5.74, 6) is 0.466. The molecule has 4 aromatic rings. The second kappa shape index (κ2) is 8.22. The van der Waals surface area contributed by atoms with E-state index in [0.29, 0.717) is 35.6 Å². The number of nitrogens with one attached hydrogen (secondary N) is 1. The number of benzene rings is 2. The molecule has 0 aliphatic carbocycles. The molecule has 5 nitrogen and oxygen atoms in total. The van der Waals surface area contributed by atoms with Crippen molar-refractivity contribution < 1.29 is 18.0 Å². The predicted molar refractivity (Wildman–Crippen MR) is 110 cm³/mol. The summed E-state index contributed by atoms with van der Waals surface area (Å²) in [5, 5.41) is 2.84. The summed E-state index contributed by atoms with van der Waals surface area (Å²) in [4.78, 5) is 21.3. The van der Waals surface area contributed by atoms with E-state index in [-0.39, 0.29) is 5.91 Å². The molecule has 0 atom stereocenters. The minimum absolute atomic E-state index is 0.243. The molecule has 2 aromatic carbocycles. The first-order chi connectivity index (χ1) is 14.8. The Morgan fingerprint density at radius 2 is 1.84 bits per heavy atom. The minimum atomic E-state index is -4.37. The highest BCUT2D eigenvalue weighted by atomic mass is 19.4. The van der Waals surface area contributed by atoms with Crippen LogP contribution in [0.2, 0.25) is 0 Å². The van der Waals surface area contributed by atoms with Crippen LogP contribution in [-0.2, 0) is 19.3 Å². The van der Waals surface area contributed by atoms with Crippen LogP contribution < -0.4 is 5.32 Å². The molecule has 4 rings (SSSR count). The fraction of sp³-hybridized carbons (Fsp3) is 0.174. The maximum Gasteiger partial charge on any atom is 0.416 e. The van der Waals surface area contributed by atoms with Crippen LogP contribution in [0.3, 0.4) is 0 Å². The second-order valence-corrected chi connectivity index (χ2v) is 7.15. The van der Waals surface area contributed by atoms with Crippen LogP contribution in [0, 0.1) is 6.92 Å². The molecule has 0 fully saturated rings. The third kappa shape index (κ3) is 4.58. The summed E-state index contributed by atoms with van der Waals surface area (Å²) in [6.45, 7) is 2.48. The van der Waals surface area contributed by atoms with Gasteiger partial charge in [-0.3, -0.25) is 9.78 Å². The van der Waals surface area contributed by atoms with Crippen LogP contribution in [0.1, 0.15) is 33.0 Å². The number of fused-ring (bicyclic) bond motifs is 1. The van der Waals surface area contributed by atoms with Crippen LogP contribution in [0.25, 0.3) is 11.0 Å². The molecule has 0 bridgehead atoms. The number of hydrogen-bond donors (Lipinski definition) is 1. The van der Waals surface area contributed by atoms with Crippen LogP contribution in [0.4, 0.5) is 13.2 Å². The Morgan fingerprint density at radius 1 is 1.06 bits per heavy atom. The lowest BCUT2D eigenvalue weighted by molar-refractivity contribution is -0.137. The summed E-state index contributed by atoms with van der Waals surface area (Å²) >= 11 is 0. The van der Waals surface area contributed by atoms with Crippen molar-refractivity contribution in [1.29, 1.82) is 0 Å². The van der Waals surface area contributed by atoms with Crippen molar-refractivity contribution in [3.05, 3.63) is 95.1 Å². The topological polar surface area (TPSA) is 59.8 Å². The number of carbonyl (C=O) groups is 1. The van der Waals surface area contributed by atoms with E-state index < -0.39 is 11.7 Å². The highest BCUT2D eigenvalue weighted by Crippen LogP contribution is 2.29. The number of carbonyl (C=O) groups excluding carboxylic acids is 1. The third-order valence-corrected chi connectivity index (χ3v) is 4.98. The zero-order valence-corrected chi connectivity index (χ0v) is 16.6. The number of hydrogen-bond acceptors (Lipinski definition) is 3. The normalized spacial score (nSPS) is 11.6. The molecule has 0 saturated heterocycles. The molecule has 158 valence electrons. The Balaban J connectivity index is 1.56. The Bertz CT molecular complexity index is 1220. The largest absolute Gasteiger partial charge is 0.416 e. The van der Waals surface area contributed by atoms with Gasteiger partial charge in [0, 0.05) is 18.3 Å².